The van der Waals surface area contributed by atoms with Crippen molar-refractivity contribution in [3.63, 3.8) is 0 Å². The number of carboxylic acid groups (broad SMARTS) is 2. The summed E-state index contributed by atoms with van der Waals surface area (Å²) < 4.78 is 0. The summed E-state index contributed by atoms with van der Waals surface area (Å²) in [6.45, 7) is -0.381. The normalized spacial score (nSPS) is 33.4. The van der Waals surface area contributed by atoms with E-state index in [2.05, 4.69) is 0 Å². The molecule has 1 aliphatic heterocycles. The molecule has 4 N–H and O–H groups in total. The van der Waals surface area contributed by atoms with E-state index in [1.807, 2.05) is 0 Å². The molecule has 1 aliphatic rings. The van der Waals surface area contributed by atoms with Gasteiger partial charge in [0.05, 0.1) is 6.54 Å². The highest BCUT2D eigenvalue weighted by Gasteiger charge is 2.46. The Kier molecular flexibility index (Phi) is 2.39. The van der Waals surface area contributed by atoms with Crippen molar-refractivity contribution in [3.05, 3.63) is 0 Å². The van der Waals surface area contributed by atoms with Crippen molar-refractivity contribution in [1.82, 2.24) is 4.90 Å². The number of hydrogen-bond acceptors (Lipinski definition) is 4. The summed E-state index contributed by atoms with van der Waals surface area (Å²) in [6.07, 6.45) is -4.37. The van der Waals surface area contributed by atoms with E-state index in [0.29, 0.717) is 4.90 Å². The fraction of sp³-hybridized carbons (Fsp3) is 0.667. The molecule has 1 amide bonds. The summed E-state index contributed by atoms with van der Waals surface area (Å²) in [6, 6.07) is -1.58. The van der Waals surface area contributed by atoms with Crippen LogP contribution in [0.3, 0.4) is 0 Å². The molecule has 1 heterocycles. The van der Waals surface area contributed by atoms with Gasteiger partial charge < -0.3 is 20.4 Å². The summed E-state index contributed by atoms with van der Waals surface area (Å²) >= 11 is 0. The molecule has 1 saturated heterocycles. The number of aliphatic hydroxyl groups is 2. The van der Waals surface area contributed by atoms with Crippen LogP contribution in [-0.2, 0) is 4.79 Å². The molecule has 0 radical (unpaired) electrons. The van der Waals surface area contributed by atoms with Crippen LogP contribution < -0.4 is 0 Å². The lowest BCUT2D eigenvalue weighted by atomic mass is 10.1. The zero-order valence-electron chi connectivity index (χ0n) is 6.49. The Morgan fingerprint density at radius 1 is 1.23 bits per heavy atom. The van der Waals surface area contributed by atoms with Gasteiger partial charge in [0.25, 0.3) is 0 Å². The fourth-order valence-corrected chi connectivity index (χ4v) is 1.29. The molecule has 0 aromatic rings. The Labute approximate surface area is 72.8 Å². The molecule has 0 spiro atoms. The lowest BCUT2D eigenvalue weighted by molar-refractivity contribution is -0.145. The topological polar surface area (TPSA) is 118 Å². The SMILES string of the molecule is O=C(O)[C@@H]1[C@H](O)[C@H](O)CN1C(=O)O. The molecule has 0 aromatic heterocycles. The third-order valence-corrected chi connectivity index (χ3v) is 1.94. The van der Waals surface area contributed by atoms with Crippen LogP contribution in [0.2, 0.25) is 0 Å². The van der Waals surface area contributed by atoms with Gasteiger partial charge in [0, 0.05) is 0 Å². The molecule has 7 nitrogen and oxygen atoms in total. The van der Waals surface area contributed by atoms with Crippen LogP contribution in [0, 0.1) is 0 Å². The summed E-state index contributed by atoms with van der Waals surface area (Å²) in [5.41, 5.74) is 0. The quantitative estimate of drug-likeness (QED) is 0.386. The van der Waals surface area contributed by atoms with Gasteiger partial charge in [-0.05, 0) is 0 Å². The largest absolute Gasteiger partial charge is 0.480 e. The maximum Gasteiger partial charge on any atom is 0.408 e. The van der Waals surface area contributed by atoms with Gasteiger partial charge in [-0.15, -0.1) is 0 Å². The number of hydrogen-bond donors (Lipinski definition) is 4. The van der Waals surface area contributed by atoms with Gasteiger partial charge in [0.1, 0.15) is 12.2 Å². The van der Waals surface area contributed by atoms with Crippen molar-refractivity contribution in [3.8, 4) is 0 Å². The lowest BCUT2D eigenvalue weighted by Gasteiger charge is -2.18. The van der Waals surface area contributed by atoms with Crippen LogP contribution in [0.15, 0.2) is 0 Å². The number of β-amino-alcohol motifs (C(OH)–C–C–N with tert-alkyl or cyclic N) is 1. The molecule has 13 heavy (non-hydrogen) atoms. The second-order valence-electron chi connectivity index (χ2n) is 2.78. The van der Waals surface area contributed by atoms with Crippen molar-refractivity contribution >= 4 is 12.1 Å². The summed E-state index contributed by atoms with van der Waals surface area (Å²) in [4.78, 5) is 21.4. The minimum Gasteiger partial charge on any atom is -0.480 e. The van der Waals surface area contributed by atoms with Crippen LogP contribution in [-0.4, -0.2) is 62.2 Å². The third kappa shape index (κ3) is 1.56. The van der Waals surface area contributed by atoms with E-state index in [9.17, 15) is 9.59 Å². The number of aliphatic hydroxyl groups excluding tert-OH is 2. The van der Waals surface area contributed by atoms with Gasteiger partial charge in [0.2, 0.25) is 0 Å². The van der Waals surface area contributed by atoms with E-state index >= 15 is 0 Å². The molecular formula is C6H9NO6. The number of likely N-dealkylation sites (tertiary alicyclic amines) is 1. The molecular weight excluding hydrogens is 182 g/mol. The molecule has 0 unspecified atom stereocenters. The maximum atomic E-state index is 10.5. The van der Waals surface area contributed by atoms with Gasteiger partial charge in [-0.25, -0.2) is 9.59 Å². The zero-order chi connectivity index (χ0) is 10.2. The second-order valence-corrected chi connectivity index (χ2v) is 2.78. The van der Waals surface area contributed by atoms with Crippen LogP contribution in [0.25, 0.3) is 0 Å². The Bertz CT molecular complexity index is 241. The lowest BCUT2D eigenvalue weighted by Crippen LogP contribution is -2.44. The van der Waals surface area contributed by atoms with Crippen LogP contribution in [0.1, 0.15) is 0 Å². The highest BCUT2D eigenvalue weighted by molar-refractivity contribution is 5.81. The standard InChI is InChI=1S/C6H9NO6/c8-2-1-7(6(12)13)3(4(2)9)5(10)11/h2-4,8-9H,1H2,(H,10,11)(H,12,13)/t2-,3+,4-/m1/s1. The monoisotopic (exact) mass is 191 g/mol. The number of amides is 1. The number of carboxylic acids is 1. The number of aliphatic carboxylic acids is 1. The number of rotatable bonds is 1. The van der Waals surface area contributed by atoms with E-state index in [1.54, 1.807) is 0 Å². The molecule has 1 fully saturated rings. The van der Waals surface area contributed by atoms with Gasteiger partial charge >= 0.3 is 12.1 Å². The summed E-state index contributed by atoms with van der Waals surface area (Å²) in [5, 5.41) is 35.2. The molecule has 0 aliphatic carbocycles. The Hall–Kier alpha value is -1.34. The molecule has 74 valence electrons. The average Bonchev–Trinajstić information content (AvgIpc) is 2.28. The first-order chi connectivity index (χ1) is 5.95. The van der Waals surface area contributed by atoms with Crippen LogP contribution in [0.5, 0.6) is 0 Å². The summed E-state index contributed by atoms with van der Waals surface area (Å²) in [7, 11) is 0. The molecule has 1 rings (SSSR count). The average molecular weight is 191 g/mol. The van der Waals surface area contributed by atoms with Crippen molar-refractivity contribution in [2.45, 2.75) is 18.2 Å². The fourth-order valence-electron chi connectivity index (χ4n) is 1.29. The van der Waals surface area contributed by atoms with Crippen molar-refractivity contribution in [1.29, 1.82) is 0 Å². The second kappa shape index (κ2) is 3.19. The van der Waals surface area contributed by atoms with Crippen molar-refractivity contribution in [2.75, 3.05) is 6.54 Å². The van der Waals surface area contributed by atoms with Crippen LogP contribution >= 0.6 is 0 Å². The minimum absolute atomic E-state index is 0.381. The minimum atomic E-state index is -1.58. The van der Waals surface area contributed by atoms with E-state index in [1.165, 1.54) is 0 Å². The van der Waals surface area contributed by atoms with Gasteiger partial charge in [-0.3, -0.25) is 4.90 Å². The van der Waals surface area contributed by atoms with Gasteiger partial charge in [0.15, 0.2) is 6.04 Å². The Balaban J connectivity index is 2.86. The molecule has 7 heteroatoms. The summed E-state index contributed by atoms with van der Waals surface area (Å²) in [5.74, 6) is -1.47. The number of carbonyl (C=O) groups is 2. The predicted octanol–water partition coefficient (Wildman–Crippen LogP) is -1.84. The molecule has 0 aromatic carbocycles. The first-order valence-corrected chi connectivity index (χ1v) is 3.53. The highest BCUT2D eigenvalue weighted by Crippen LogP contribution is 2.18. The van der Waals surface area contributed by atoms with E-state index in [-0.39, 0.29) is 6.54 Å². The van der Waals surface area contributed by atoms with Gasteiger partial charge in [-0.2, -0.15) is 0 Å². The van der Waals surface area contributed by atoms with Gasteiger partial charge in [-0.1, -0.05) is 0 Å². The van der Waals surface area contributed by atoms with E-state index in [4.69, 9.17) is 20.4 Å². The molecule has 3 atom stereocenters. The molecule has 0 saturated carbocycles. The smallest absolute Gasteiger partial charge is 0.408 e. The predicted molar refractivity (Wildman–Crippen MR) is 38.2 cm³/mol. The number of nitrogens with zero attached hydrogens (tertiary/aromatic N) is 1. The Morgan fingerprint density at radius 2 is 1.77 bits per heavy atom. The third-order valence-electron chi connectivity index (χ3n) is 1.94. The highest BCUT2D eigenvalue weighted by atomic mass is 16.4. The zero-order valence-corrected chi connectivity index (χ0v) is 6.49. The molecule has 0 bridgehead atoms. The Morgan fingerprint density at radius 3 is 2.08 bits per heavy atom. The van der Waals surface area contributed by atoms with E-state index in [0.717, 1.165) is 0 Å². The first kappa shape index (κ1) is 9.75. The van der Waals surface area contributed by atoms with Crippen LogP contribution in [0.4, 0.5) is 4.79 Å². The van der Waals surface area contributed by atoms with E-state index < -0.39 is 30.3 Å². The maximum absolute atomic E-state index is 10.5. The van der Waals surface area contributed by atoms with Crippen molar-refractivity contribution < 1.29 is 30.0 Å². The first-order valence-electron chi connectivity index (χ1n) is 3.53. The van der Waals surface area contributed by atoms with Crippen molar-refractivity contribution in [2.24, 2.45) is 0 Å².